The van der Waals surface area contributed by atoms with E-state index >= 15 is 0 Å². The van der Waals surface area contributed by atoms with Gasteiger partial charge in [-0.15, -0.1) is 0 Å². The Bertz CT molecular complexity index is 1200. The zero-order chi connectivity index (χ0) is 23.0. The molecule has 33 heavy (non-hydrogen) atoms. The van der Waals surface area contributed by atoms with Crippen LogP contribution in [-0.2, 0) is 24.7 Å². The van der Waals surface area contributed by atoms with E-state index in [9.17, 15) is 19.8 Å². The van der Waals surface area contributed by atoms with Gasteiger partial charge < -0.3 is 19.9 Å². The van der Waals surface area contributed by atoms with E-state index in [2.05, 4.69) is 22.0 Å². The SMILES string of the molecule is CCOc1ccc2c(c1)[C@]13CCN(CC4CC4)[C@H](C2)[C@]1(O)Cc1cc(C(=O)O)c(=O)[nH]c1C3. The fourth-order valence-electron chi connectivity index (χ4n) is 6.79. The van der Waals surface area contributed by atoms with Gasteiger partial charge in [0.2, 0.25) is 0 Å². The zero-order valence-electron chi connectivity index (χ0n) is 18.9. The Morgan fingerprint density at radius 1 is 1.24 bits per heavy atom. The van der Waals surface area contributed by atoms with Crippen LogP contribution in [0.15, 0.2) is 29.1 Å². The maximum Gasteiger partial charge on any atom is 0.341 e. The number of benzene rings is 1. The van der Waals surface area contributed by atoms with Crippen LogP contribution < -0.4 is 10.3 Å². The average molecular weight is 451 g/mol. The first-order chi connectivity index (χ1) is 15.8. The van der Waals surface area contributed by atoms with Gasteiger partial charge in [0, 0.05) is 36.5 Å². The molecule has 2 bridgehead atoms. The van der Waals surface area contributed by atoms with E-state index in [0.29, 0.717) is 25.4 Å². The average Bonchev–Trinajstić information content (AvgIpc) is 3.58. The smallest absolute Gasteiger partial charge is 0.341 e. The molecule has 7 nitrogen and oxygen atoms in total. The molecule has 0 unspecified atom stereocenters. The number of likely N-dealkylation sites (tertiary alicyclic amines) is 1. The monoisotopic (exact) mass is 450 g/mol. The molecule has 1 saturated heterocycles. The van der Waals surface area contributed by atoms with Crippen LogP contribution in [0.2, 0.25) is 0 Å². The summed E-state index contributed by atoms with van der Waals surface area (Å²) in [5.41, 5.74) is 1.42. The van der Waals surface area contributed by atoms with Crippen LogP contribution in [0.5, 0.6) is 5.75 Å². The fraction of sp³-hybridized carbons (Fsp3) is 0.538. The van der Waals surface area contributed by atoms with Crippen LogP contribution in [0.4, 0.5) is 0 Å². The second-order valence-corrected chi connectivity index (χ2v) is 10.3. The first-order valence-electron chi connectivity index (χ1n) is 12.1. The number of carbonyl (C=O) groups is 1. The van der Waals surface area contributed by atoms with Crippen LogP contribution >= 0.6 is 0 Å². The summed E-state index contributed by atoms with van der Waals surface area (Å²) in [4.78, 5) is 29.4. The molecule has 2 aromatic rings. The van der Waals surface area contributed by atoms with Gasteiger partial charge in [-0.3, -0.25) is 9.69 Å². The molecule has 7 heteroatoms. The third kappa shape index (κ3) is 3.02. The van der Waals surface area contributed by atoms with Crippen molar-refractivity contribution in [2.24, 2.45) is 5.92 Å². The topological polar surface area (TPSA) is 103 Å². The minimum absolute atomic E-state index is 0.0364. The molecule has 3 atom stereocenters. The first-order valence-corrected chi connectivity index (χ1v) is 12.1. The number of hydrogen-bond acceptors (Lipinski definition) is 5. The number of aromatic carboxylic acids is 1. The van der Waals surface area contributed by atoms with Gasteiger partial charge in [-0.25, -0.2) is 4.79 Å². The van der Waals surface area contributed by atoms with Crippen LogP contribution in [0.1, 0.15) is 58.9 Å². The van der Waals surface area contributed by atoms with Crippen molar-refractivity contribution in [3.63, 3.8) is 0 Å². The lowest BCUT2D eigenvalue weighted by atomic mass is 9.49. The molecule has 174 valence electrons. The van der Waals surface area contributed by atoms with Gasteiger partial charge in [0.1, 0.15) is 11.3 Å². The van der Waals surface area contributed by atoms with Gasteiger partial charge in [-0.1, -0.05) is 6.07 Å². The Balaban J connectivity index is 1.53. The molecule has 0 spiro atoms. The number of pyridine rings is 1. The van der Waals surface area contributed by atoms with Crippen LogP contribution in [-0.4, -0.2) is 57.4 Å². The van der Waals surface area contributed by atoms with Crippen molar-refractivity contribution in [2.45, 2.75) is 62.5 Å². The van der Waals surface area contributed by atoms with Gasteiger partial charge in [-0.2, -0.15) is 0 Å². The highest BCUT2D eigenvalue weighted by atomic mass is 16.5. The van der Waals surface area contributed by atoms with Crippen LogP contribution in [0.3, 0.4) is 0 Å². The minimum atomic E-state index is -1.24. The molecular formula is C26H30N2O5. The van der Waals surface area contributed by atoms with E-state index in [-0.39, 0.29) is 11.6 Å². The number of aromatic nitrogens is 1. The highest BCUT2D eigenvalue weighted by Gasteiger charge is 2.64. The van der Waals surface area contributed by atoms with E-state index in [1.165, 1.54) is 24.5 Å². The fourth-order valence-corrected chi connectivity index (χ4v) is 6.79. The number of nitrogens with zero attached hydrogens (tertiary/aromatic N) is 1. The molecule has 6 rings (SSSR count). The van der Waals surface area contributed by atoms with Crippen molar-refractivity contribution >= 4 is 5.97 Å². The molecule has 3 aliphatic carbocycles. The van der Waals surface area contributed by atoms with Gasteiger partial charge in [0.15, 0.2) is 0 Å². The number of H-pyrrole nitrogens is 1. The highest BCUT2D eigenvalue weighted by Crippen LogP contribution is 2.57. The summed E-state index contributed by atoms with van der Waals surface area (Å²) in [6, 6.07) is 7.69. The zero-order valence-corrected chi connectivity index (χ0v) is 18.9. The highest BCUT2D eigenvalue weighted by molar-refractivity contribution is 5.87. The van der Waals surface area contributed by atoms with Crippen molar-refractivity contribution in [2.75, 3.05) is 19.7 Å². The molecule has 1 aromatic heterocycles. The third-order valence-electron chi connectivity index (χ3n) is 8.54. The lowest BCUT2D eigenvalue weighted by Crippen LogP contribution is -2.74. The number of nitrogens with one attached hydrogen (secondary N) is 1. The van der Waals surface area contributed by atoms with E-state index in [1.54, 1.807) is 0 Å². The Hall–Kier alpha value is -2.64. The molecule has 1 saturated carbocycles. The number of rotatable bonds is 5. The van der Waals surface area contributed by atoms with Gasteiger partial charge >= 0.3 is 5.97 Å². The number of hydrogen-bond donors (Lipinski definition) is 3. The van der Waals surface area contributed by atoms with Gasteiger partial charge in [0.25, 0.3) is 5.56 Å². The number of fused-ring (bicyclic) bond motifs is 2. The quantitative estimate of drug-likeness (QED) is 0.646. The molecular weight excluding hydrogens is 420 g/mol. The first kappa shape index (κ1) is 20.9. The Morgan fingerprint density at radius 3 is 2.79 bits per heavy atom. The van der Waals surface area contributed by atoms with Crippen LogP contribution in [0.25, 0.3) is 0 Å². The molecule has 2 heterocycles. The number of aliphatic hydroxyl groups is 1. The lowest BCUT2D eigenvalue weighted by molar-refractivity contribution is -0.152. The van der Waals surface area contributed by atoms with E-state index in [0.717, 1.165) is 48.5 Å². The molecule has 1 aliphatic heterocycles. The van der Waals surface area contributed by atoms with Gasteiger partial charge in [-0.05, 0) is 80.0 Å². The molecule has 1 aromatic carbocycles. The lowest BCUT2D eigenvalue weighted by Gasteiger charge is -2.63. The molecule has 0 radical (unpaired) electrons. The molecule has 3 N–H and O–H groups in total. The number of ether oxygens (including phenoxy) is 1. The normalized spacial score (nSPS) is 30.2. The summed E-state index contributed by atoms with van der Waals surface area (Å²) < 4.78 is 5.82. The largest absolute Gasteiger partial charge is 0.494 e. The van der Waals surface area contributed by atoms with Crippen molar-refractivity contribution in [3.05, 3.63) is 62.6 Å². The number of piperidine rings is 1. The minimum Gasteiger partial charge on any atom is -0.494 e. The summed E-state index contributed by atoms with van der Waals surface area (Å²) in [5, 5.41) is 22.0. The number of aromatic amines is 1. The Kier molecular flexibility index (Phi) is 4.55. The summed E-state index contributed by atoms with van der Waals surface area (Å²) in [5.74, 6) is 0.276. The molecule has 4 aliphatic rings. The van der Waals surface area contributed by atoms with Crippen molar-refractivity contribution in [3.8, 4) is 5.75 Å². The van der Waals surface area contributed by atoms with Gasteiger partial charge in [0.05, 0.1) is 12.2 Å². The Labute approximate surface area is 192 Å². The summed E-state index contributed by atoms with van der Waals surface area (Å²) in [6.45, 7) is 4.45. The predicted molar refractivity (Wildman–Crippen MR) is 122 cm³/mol. The van der Waals surface area contributed by atoms with E-state index < -0.39 is 22.5 Å². The van der Waals surface area contributed by atoms with Crippen molar-refractivity contribution < 1.29 is 19.7 Å². The van der Waals surface area contributed by atoms with Crippen LogP contribution in [0, 0.1) is 5.92 Å². The second kappa shape index (κ2) is 7.18. The third-order valence-corrected chi connectivity index (χ3v) is 8.54. The summed E-state index contributed by atoms with van der Waals surface area (Å²) in [7, 11) is 0. The Morgan fingerprint density at radius 2 is 2.06 bits per heavy atom. The van der Waals surface area contributed by atoms with Crippen molar-refractivity contribution in [1.29, 1.82) is 0 Å². The summed E-state index contributed by atoms with van der Waals surface area (Å²) in [6.07, 6.45) is 4.89. The molecule has 0 amide bonds. The number of carboxylic acid groups (broad SMARTS) is 1. The van der Waals surface area contributed by atoms with E-state index in [1.807, 2.05) is 13.0 Å². The maximum absolute atomic E-state index is 12.6. The van der Waals surface area contributed by atoms with E-state index in [4.69, 9.17) is 4.74 Å². The standard InChI is InChI=1S/C26H30N2O5/c1-2-33-18-6-5-16-10-22-26(32)12-17-9-19(24(30)31)23(29)27-21(17)13-25(26,20(16)11-18)7-8-28(22)14-15-3-4-15/h5-6,9,11,15,22,32H,2-4,7-8,10,12-14H2,1H3,(H,27,29)(H,30,31)/t22-,25-,26-/m1/s1. The predicted octanol–water partition coefficient (Wildman–Crippen LogP) is 2.28. The maximum atomic E-state index is 12.6. The summed E-state index contributed by atoms with van der Waals surface area (Å²) >= 11 is 0. The second-order valence-electron chi connectivity index (χ2n) is 10.3. The van der Waals surface area contributed by atoms with Crippen molar-refractivity contribution in [1.82, 2.24) is 9.88 Å². The number of carboxylic acids is 1. The molecule has 2 fully saturated rings.